The number of aromatic nitrogens is 2. The lowest BCUT2D eigenvalue weighted by molar-refractivity contribution is 0.477. The van der Waals surface area contributed by atoms with E-state index in [1.165, 1.54) is 0 Å². The maximum Gasteiger partial charge on any atom is 0.125 e. The molecule has 3 heteroatoms. The van der Waals surface area contributed by atoms with Crippen LogP contribution in [0.15, 0.2) is 60.7 Å². The minimum absolute atomic E-state index is 0.239. The summed E-state index contributed by atoms with van der Waals surface area (Å²) < 4.78 is 0. The fourth-order valence-corrected chi connectivity index (χ4v) is 1.92. The molecule has 0 saturated heterocycles. The summed E-state index contributed by atoms with van der Waals surface area (Å²) in [5.74, 6) is 0.239. The van der Waals surface area contributed by atoms with Crippen LogP contribution in [-0.4, -0.2) is 15.3 Å². The number of aromatic hydroxyl groups is 1. The zero-order valence-electron chi connectivity index (χ0n) is 9.67. The first-order valence-corrected chi connectivity index (χ1v) is 5.74. The Labute approximate surface area is 105 Å². The van der Waals surface area contributed by atoms with Gasteiger partial charge in [0.15, 0.2) is 0 Å². The van der Waals surface area contributed by atoms with E-state index in [0.717, 1.165) is 22.5 Å². The van der Waals surface area contributed by atoms with Crippen LogP contribution in [0, 0.1) is 0 Å². The standard InChI is InChI=1S/C15H12N2O/c18-15-9-5-4-8-12(15)14-10-13(16-17-14)11-6-2-1-3-7-11/h1-10,18H,(H,16,17). The minimum Gasteiger partial charge on any atom is -0.507 e. The average molecular weight is 236 g/mol. The fourth-order valence-electron chi connectivity index (χ4n) is 1.92. The summed E-state index contributed by atoms with van der Waals surface area (Å²) in [5, 5.41) is 17.0. The van der Waals surface area contributed by atoms with Gasteiger partial charge in [0.05, 0.1) is 11.4 Å². The lowest BCUT2D eigenvalue weighted by Crippen LogP contribution is -1.78. The van der Waals surface area contributed by atoms with Gasteiger partial charge < -0.3 is 5.11 Å². The van der Waals surface area contributed by atoms with Crippen LogP contribution in [0.1, 0.15) is 0 Å². The first kappa shape index (κ1) is 10.6. The van der Waals surface area contributed by atoms with Gasteiger partial charge in [-0.2, -0.15) is 5.10 Å². The molecular weight excluding hydrogens is 224 g/mol. The number of benzene rings is 2. The van der Waals surface area contributed by atoms with E-state index >= 15 is 0 Å². The number of hydrogen-bond donors (Lipinski definition) is 2. The minimum atomic E-state index is 0.239. The van der Waals surface area contributed by atoms with Crippen LogP contribution < -0.4 is 0 Å². The monoisotopic (exact) mass is 236 g/mol. The Balaban J connectivity index is 2.03. The normalized spacial score (nSPS) is 10.4. The maximum atomic E-state index is 9.79. The average Bonchev–Trinajstić information content (AvgIpc) is 2.90. The summed E-state index contributed by atoms with van der Waals surface area (Å²) in [7, 11) is 0. The Kier molecular flexibility index (Phi) is 2.57. The Morgan fingerprint density at radius 2 is 1.61 bits per heavy atom. The number of nitrogens with zero attached hydrogens (tertiary/aromatic N) is 1. The van der Waals surface area contributed by atoms with Crippen LogP contribution >= 0.6 is 0 Å². The molecule has 3 aromatic rings. The number of H-pyrrole nitrogens is 1. The smallest absolute Gasteiger partial charge is 0.125 e. The van der Waals surface area contributed by atoms with E-state index in [0.29, 0.717) is 0 Å². The van der Waals surface area contributed by atoms with Gasteiger partial charge in [-0.05, 0) is 23.8 Å². The predicted molar refractivity (Wildman–Crippen MR) is 71.1 cm³/mol. The molecule has 0 bridgehead atoms. The number of phenolic OH excluding ortho intramolecular Hbond substituents is 1. The number of aromatic amines is 1. The SMILES string of the molecule is Oc1ccccc1-c1cc(-c2ccccc2)[nH]n1. The van der Waals surface area contributed by atoms with Gasteiger partial charge in [0.1, 0.15) is 5.75 Å². The maximum absolute atomic E-state index is 9.79. The van der Waals surface area contributed by atoms with Crippen molar-refractivity contribution in [3.05, 3.63) is 60.7 Å². The second-order valence-corrected chi connectivity index (χ2v) is 4.05. The van der Waals surface area contributed by atoms with Crippen LogP contribution in [0.3, 0.4) is 0 Å². The first-order chi connectivity index (χ1) is 8.84. The number of para-hydroxylation sites is 1. The van der Waals surface area contributed by atoms with E-state index in [9.17, 15) is 5.11 Å². The van der Waals surface area contributed by atoms with Crippen LogP contribution in [0.2, 0.25) is 0 Å². The molecule has 0 saturated carbocycles. The summed E-state index contributed by atoms with van der Waals surface area (Å²) in [6.45, 7) is 0. The van der Waals surface area contributed by atoms with E-state index in [4.69, 9.17) is 0 Å². The molecule has 18 heavy (non-hydrogen) atoms. The third-order valence-corrected chi connectivity index (χ3v) is 2.84. The summed E-state index contributed by atoms with van der Waals surface area (Å²) in [4.78, 5) is 0. The summed E-state index contributed by atoms with van der Waals surface area (Å²) in [6.07, 6.45) is 0. The van der Waals surface area contributed by atoms with Crippen molar-refractivity contribution in [3.8, 4) is 28.3 Å². The molecular formula is C15H12N2O. The Morgan fingerprint density at radius 1 is 0.889 bits per heavy atom. The highest BCUT2D eigenvalue weighted by atomic mass is 16.3. The van der Waals surface area contributed by atoms with E-state index in [1.807, 2.05) is 48.5 Å². The number of rotatable bonds is 2. The third-order valence-electron chi connectivity index (χ3n) is 2.84. The molecule has 0 aliphatic heterocycles. The first-order valence-electron chi connectivity index (χ1n) is 5.74. The molecule has 0 unspecified atom stereocenters. The van der Waals surface area contributed by atoms with Crippen molar-refractivity contribution in [2.45, 2.75) is 0 Å². The van der Waals surface area contributed by atoms with Crippen molar-refractivity contribution in [1.29, 1.82) is 0 Å². The summed E-state index contributed by atoms with van der Waals surface area (Å²) in [6, 6.07) is 19.1. The molecule has 1 heterocycles. The van der Waals surface area contributed by atoms with Gasteiger partial charge in [-0.3, -0.25) is 5.10 Å². The Hall–Kier alpha value is -2.55. The number of nitrogens with one attached hydrogen (secondary N) is 1. The van der Waals surface area contributed by atoms with E-state index in [2.05, 4.69) is 10.2 Å². The van der Waals surface area contributed by atoms with Crippen LogP contribution in [0.4, 0.5) is 0 Å². The molecule has 3 rings (SSSR count). The lowest BCUT2D eigenvalue weighted by Gasteiger charge is -1.98. The molecule has 2 N–H and O–H groups in total. The van der Waals surface area contributed by atoms with Gasteiger partial charge in [0.2, 0.25) is 0 Å². The molecule has 3 nitrogen and oxygen atoms in total. The molecule has 0 aliphatic rings. The number of phenols is 1. The van der Waals surface area contributed by atoms with Crippen molar-refractivity contribution < 1.29 is 5.11 Å². The topological polar surface area (TPSA) is 48.9 Å². The van der Waals surface area contributed by atoms with E-state index in [1.54, 1.807) is 12.1 Å². The molecule has 1 aromatic heterocycles. The van der Waals surface area contributed by atoms with Crippen LogP contribution in [0.5, 0.6) is 5.75 Å². The van der Waals surface area contributed by atoms with Crippen molar-refractivity contribution in [3.63, 3.8) is 0 Å². The zero-order chi connectivity index (χ0) is 12.4. The zero-order valence-corrected chi connectivity index (χ0v) is 9.67. The van der Waals surface area contributed by atoms with E-state index < -0.39 is 0 Å². The van der Waals surface area contributed by atoms with Gasteiger partial charge in [0.25, 0.3) is 0 Å². The predicted octanol–water partition coefficient (Wildman–Crippen LogP) is 3.45. The van der Waals surface area contributed by atoms with Crippen molar-refractivity contribution in [1.82, 2.24) is 10.2 Å². The molecule has 2 aromatic carbocycles. The van der Waals surface area contributed by atoms with Crippen molar-refractivity contribution >= 4 is 0 Å². The highest BCUT2D eigenvalue weighted by molar-refractivity contribution is 5.71. The largest absolute Gasteiger partial charge is 0.507 e. The molecule has 0 aliphatic carbocycles. The van der Waals surface area contributed by atoms with Gasteiger partial charge >= 0.3 is 0 Å². The van der Waals surface area contributed by atoms with Gasteiger partial charge in [-0.15, -0.1) is 0 Å². The number of hydrogen-bond acceptors (Lipinski definition) is 2. The third kappa shape index (κ3) is 1.86. The Morgan fingerprint density at radius 3 is 2.39 bits per heavy atom. The van der Waals surface area contributed by atoms with E-state index in [-0.39, 0.29) is 5.75 Å². The molecule has 0 spiro atoms. The summed E-state index contributed by atoms with van der Waals surface area (Å²) in [5.41, 5.74) is 3.49. The molecule has 88 valence electrons. The van der Waals surface area contributed by atoms with Crippen molar-refractivity contribution in [2.24, 2.45) is 0 Å². The van der Waals surface area contributed by atoms with Crippen LogP contribution in [0.25, 0.3) is 22.5 Å². The fraction of sp³-hybridized carbons (Fsp3) is 0. The van der Waals surface area contributed by atoms with Crippen LogP contribution in [-0.2, 0) is 0 Å². The molecule has 0 atom stereocenters. The molecule has 0 amide bonds. The summed E-state index contributed by atoms with van der Waals surface area (Å²) >= 11 is 0. The Bertz CT molecular complexity index is 659. The van der Waals surface area contributed by atoms with Crippen molar-refractivity contribution in [2.75, 3.05) is 0 Å². The van der Waals surface area contributed by atoms with Gasteiger partial charge in [-0.1, -0.05) is 42.5 Å². The lowest BCUT2D eigenvalue weighted by atomic mass is 10.1. The highest BCUT2D eigenvalue weighted by Gasteiger charge is 2.08. The second kappa shape index (κ2) is 4.37. The highest BCUT2D eigenvalue weighted by Crippen LogP contribution is 2.29. The quantitative estimate of drug-likeness (QED) is 0.716. The van der Waals surface area contributed by atoms with Gasteiger partial charge in [-0.25, -0.2) is 0 Å². The molecule has 0 radical (unpaired) electrons. The molecule has 0 fully saturated rings. The van der Waals surface area contributed by atoms with Gasteiger partial charge in [0, 0.05) is 5.56 Å². The second-order valence-electron chi connectivity index (χ2n) is 4.05.